The molecule has 0 radical (unpaired) electrons. The lowest BCUT2D eigenvalue weighted by molar-refractivity contribution is -0.870. The van der Waals surface area contributed by atoms with Crippen LogP contribution in [0, 0.1) is 0 Å². The van der Waals surface area contributed by atoms with E-state index >= 15 is 0 Å². The molecule has 0 fully saturated rings. The third kappa shape index (κ3) is 52.1. The average Bonchev–Trinajstić information content (AvgIpc) is 3.29. The fourth-order valence-electron chi connectivity index (χ4n) is 8.31. The highest BCUT2D eigenvalue weighted by Crippen LogP contribution is 2.43. The molecule has 0 aliphatic heterocycles. The Kier molecular flexibility index (Phi) is 48.3. The average molecular weight is 965 g/mol. The van der Waals surface area contributed by atoms with Gasteiger partial charge < -0.3 is 19.8 Å². The number of hydrogen-bond acceptors (Lipinski definition) is 5. The number of carbonyl (C=O) groups excluding carboxylic acids is 1. The van der Waals surface area contributed by atoms with Gasteiger partial charge in [0.25, 0.3) is 0 Å². The van der Waals surface area contributed by atoms with E-state index in [0.717, 1.165) is 51.4 Å². The summed E-state index contributed by atoms with van der Waals surface area (Å²) in [6, 6.07) is -0.867. The number of phosphoric acid groups is 1. The summed E-state index contributed by atoms with van der Waals surface area (Å²) in [6.07, 6.45) is 65.5. The van der Waals surface area contributed by atoms with Gasteiger partial charge >= 0.3 is 7.82 Å². The predicted molar refractivity (Wildman–Crippen MR) is 291 cm³/mol. The number of phosphoric ester groups is 1. The lowest BCUT2D eigenvalue weighted by atomic mass is 10.0. The second kappa shape index (κ2) is 49.4. The molecule has 0 aromatic rings. The first-order valence-electron chi connectivity index (χ1n) is 28.5. The fraction of sp³-hybridized carbons (Fsp3) is 0.845. The molecule has 0 saturated carbocycles. The van der Waals surface area contributed by atoms with Crippen molar-refractivity contribution in [3.05, 3.63) is 48.6 Å². The molecule has 0 aliphatic rings. The van der Waals surface area contributed by atoms with Crippen LogP contribution >= 0.6 is 7.82 Å². The van der Waals surface area contributed by atoms with Crippen molar-refractivity contribution >= 4 is 13.7 Å². The van der Waals surface area contributed by atoms with Gasteiger partial charge in [-0.1, -0.05) is 242 Å². The molecule has 0 saturated heterocycles. The van der Waals surface area contributed by atoms with Crippen LogP contribution in [0.25, 0.3) is 0 Å². The number of likely N-dealkylation sites (N-methyl/N-ethyl adjacent to an activating group) is 1. The zero-order valence-corrected chi connectivity index (χ0v) is 45.8. The molecule has 8 nitrogen and oxygen atoms in total. The topological polar surface area (TPSA) is 105 Å². The molecule has 3 N–H and O–H groups in total. The van der Waals surface area contributed by atoms with Crippen molar-refractivity contribution in [1.29, 1.82) is 0 Å². The molecule has 394 valence electrons. The third-order valence-electron chi connectivity index (χ3n) is 12.8. The number of carbonyl (C=O) groups is 1. The van der Waals surface area contributed by atoms with Crippen molar-refractivity contribution in [3.8, 4) is 0 Å². The van der Waals surface area contributed by atoms with E-state index < -0.39 is 20.0 Å². The highest BCUT2D eigenvalue weighted by Gasteiger charge is 2.27. The Morgan fingerprint density at radius 2 is 0.866 bits per heavy atom. The molecule has 67 heavy (non-hydrogen) atoms. The number of nitrogens with one attached hydrogen (secondary N) is 1. The minimum atomic E-state index is -4.35. The Morgan fingerprint density at radius 1 is 0.507 bits per heavy atom. The van der Waals surface area contributed by atoms with E-state index in [9.17, 15) is 19.4 Å². The Bertz CT molecular complexity index is 1230. The van der Waals surface area contributed by atoms with E-state index in [4.69, 9.17) is 9.05 Å². The van der Waals surface area contributed by atoms with Crippen LogP contribution in [-0.2, 0) is 18.4 Å². The van der Waals surface area contributed by atoms with E-state index in [1.165, 1.54) is 193 Å². The van der Waals surface area contributed by atoms with Gasteiger partial charge in [-0.2, -0.15) is 0 Å². The molecular weight excluding hydrogens is 852 g/mol. The van der Waals surface area contributed by atoms with Gasteiger partial charge in [0, 0.05) is 6.42 Å². The summed E-state index contributed by atoms with van der Waals surface area (Å²) in [7, 11) is 1.55. The molecule has 1 amide bonds. The van der Waals surface area contributed by atoms with Gasteiger partial charge in [0.15, 0.2) is 0 Å². The Labute approximate surface area is 416 Å². The summed E-state index contributed by atoms with van der Waals surface area (Å²) >= 11 is 0. The summed E-state index contributed by atoms with van der Waals surface area (Å²) in [5, 5.41) is 13.8. The lowest BCUT2D eigenvalue weighted by Crippen LogP contribution is -2.45. The standard InChI is InChI=1S/C58H111N2O6P/c1-6-8-10-12-14-16-18-19-20-21-22-23-24-25-26-27-28-29-30-31-32-33-34-35-36-37-38-39-40-41-42-44-46-48-50-52-58(62)59-56(55-66-67(63,64)65-54-53-60(3,4)5)57(61)51-49-47-45-43-17-15-13-11-9-7-2/h9,11,17,27-28,43,49,51,56-57,61H,6-8,10,12-16,18-26,29-42,44-48,50,52-55H2,1-5H3,(H-,59,62,63,64)/p+1/b11-9+,28-27-,43-17+,51-49+. The smallest absolute Gasteiger partial charge is 0.387 e. The lowest BCUT2D eigenvalue weighted by Gasteiger charge is -2.25. The quantitative estimate of drug-likeness (QED) is 0.0243. The molecule has 0 spiro atoms. The minimum Gasteiger partial charge on any atom is -0.387 e. The molecule has 3 atom stereocenters. The van der Waals surface area contributed by atoms with Crippen LogP contribution in [0.3, 0.4) is 0 Å². The van der Waals surface area contributed by atoms with E-state index in [1.807, 2.05) is 27.2 Å². The highest BCUT2D eigenvalue weighted by molar-refractivity contribution is 7.47. The van der Waals surface area contributed by atoms with Gasteiger partial charge in [0.1, 0.15) is 13.2 Å². The predicted octanol–water partition coefficient (Wildman–Crippen LogP) is 17.2. The van der Waals surface area contributed by atoms with Crippen molar-refractivity contribution in [3.63, 3.8) is 0 Å². The first kappa shape index (κ1) is 65.5. The van der Waals surface area contributed by atoms with Crippen LogP contribution in [0.4, 0.5) is 0 Å². The number of rotatable bonds is 52. The second-order valence-electron chi connectivity index (χ2n) is 20.6. The van der Waals surface area contributed by atoms with Crippen molar-refractivity contribution in [2.75, 3.05) is 40.9 Å². The van der Waals surface area contributed by atoms with E-state index in [2.05, 4.69) is 55.6 Å². The number of aliphatic hydroxyl groups is 1. The summed E-state index contributed by atoms with van der Waals surface area (Å²) in [5.41, 5.74) is 0. The maximum absolute atomic E-state index is 12.9. The van der Waals surface area contributed by atoms with E-state index in [1.54, 1.807) is 6.08 Å². The van der Waals surface area contributed by atoms with Crippen LogP contribution in [-0.4, -0.2) is 73.4 Å². The SMILES string of the molecule is CC/C=C/CC/C=C/CC/C=C/C(O)C(COP(=O)(O)OCC[N+](C)(C)C)NC(=O)CCCCCCCCCCCCCCCCCCC/C=C\CCCCCCCCCCCCCCCC. The van der Waals surface area contributed by atoms with Crippen LogP contribution in [0.15, 0.2) is 48.6 Å². The molecule has 0 bridgehead atoms. The van der Waals surface area contributed by atoms with Crippen molar-refractivity contribution in [2.24, 2.45) is 0 Å². The van der Waals surface area contributed by atoms with Crippen LogP contribution in [0.2, 0.25) is 0 Å². The number of allylic oxidation sites excluding steroid dienone is 7. The molecule has 0 aromatic carbocycles. The third-order valence-corrected chi connectivity index (χ3v) is 13.7. The van der Waals surface area contributed by atoms with Gasteiger partial charge in [0.05, 0.1) is 39.9 Å². The number of nitrogens with zero attached hydrogens (tertiary/aromatic N) is 1. The highest BCUT2D eigenvalue weighted by atomic mass is 31.2. The van der Waals surface area contributed by atoms with Gasteiger partial charge in [-0.3, -0.25) is 13.8 Å². The molecule has 0 aromatic heterocycles. The van der Waals surface area contributed by atoms with Gasteiger partial charge in [-0.15, -0.1) is 0 Å². The summed E-state index contributed by atoms with van der Waals surface area (Å²) < 4.78 is 23.6. The number of aliphatic hydroxyl groups excluding tert-OH is 1. The van der Waals surface area contributed by atoms with Crippen molar-refractivity contribution in [2.45, 2.75) is 276 Å². The van der Waals surface area contributed by atoms with Crippen LogP contribution < -0.4 is 5.32 Å². The maximum atomic E-state index is 12.9. The number of hydrogen-bond donors (Lipinski definition) is 3. The van der Waals surface area contributed by atoms with Crippen molar-refractivity contribution in [1.82, 2.24) is 5.32 Å². The maximum Gasteiger partial charge on any atom is 0.472 e. The number of quaternary nitrogens is 1. The summed E-state index contributed by atoms with van der Waals surface area (Å²) in [4.78, 5) is 23.2. The zero-order valence-electron chi connectivity index (χ0n) is 44.9. The minimum absolute atomic E-state index is 0.0533. The number of amides is 1. The Morgan fingerprint density at radius 3 is 1.27 bits per heavy atom. The number of unbranched alkanes of at least 4 members (excludes halogenated alkanes) is 33. The first-order valence-corrected chi connectivity index (χ1v) is 30.0. The Hall–Kier alpha value is -1.54. The first-order chi connectivity index (χ1) is 32.5. The second-order valence-corrected chi connectivity index (χ2v) is 22.1. The summed E-state index contributed by atoms with van der Waals surface area (Å²) in [6.45, 7) is 4.68. The Balaban J connectivity index is 3.90. The van der Waals surface area contributed by atoms with Crippen LogP contribution in [0.1, 0.15) is 264 Å². The van der Waals surface area contributed by atoms with E-state index in [0.29, 0.717) is 17.4 Å². The zero-order chi connectivity index (χ0) is 49.2. The van der Waals surface area contributed by atoms with Gasteiger partial charge in [-0.25, -0.2) is 4.57 Å². The molecule has 9 heteroatoms. The van der Waals surface area contributed by atoms with Crippen molar-refractivity contribution < 1.29 is 32.9 Å². The monoisotopic (exact) mass is 964 g/mol. The van der Waals surface area contributed by atoms with Gasteiger partial charge in [-0.05, 0) is 64.2 Å². The molecule has 0 aliphatic carbocycles. The molecule has 3 unspecified atom stereocenters. The molecule has 0 heterocycles. The normalized spacial score (nSPS) is 14.3. The van der Waals surface area contributed by atoms with Gasteiger partial charge in [0.2, 0.25) is 5.91 Å². The summed E-state index contributed by atoms with van der Waals surface area (Å²) in [5.74, 6) is -0.191. The largest absolute Gasteiger partial charge is 0.472 e. The fourth-order valence-corrected chi connectivity index (χ4v) is 9.05. The molecular formula is C58H112N2O6P+. The van der Waals surface area contributed by atoms with Crippen LogP contribution in [0.5, 0.6) is 0 Å². The molecule has 0 rings (SSSR count). The van der Waals surface area contributed by atoms with E-state index in [-0.39, 0.29) is 19.1 Å².